The molecule has 0 radical (unpaired) electrons. The molecule has 5 heteroatoms. The van der Waals surface area contributed by atoms with Crippen LogP contribution in [0.3, 0.4) is 0 Å². The van der Waals surface area contributed by atoms with Gasteiger partial charge in [-0.15, -0.1) is 0 Å². The van der Waals surface area contributed by atoms with Crippen LogP contribution >= 0.6 is 0 Å². The summed E-state index contributed by atoms with van der Waals surface area (Å²) in [5.74, 6) is 0.254. The Kier molecular flexibility index (Phi) is 7.05. The first-order chi connectivity index (χ1) is 10.3. The Hall–Kier alpha value is -1.88. The van der Waals surface area contributed by atoms with Crippen molar-refractivity contribution in [3.05, 3.63) is 29.8 Å². The number of anilines is 1. The first-order valence-corrected chi connectivity index (χ1v) is 7.71. The minimum atomic E-state index is -0.506. The lowest BCUT2D eigenvalue weighted by atomic mass is 10.0. The van der Waals surface area contributed by atoms with E-state index in [1.807, 2.05) is 52.0 Å². The molecule has 1 rings (SSSR count). The van der Waals surface area contributed by atoms with E-state index < -0.39 is 6.04 Å². The van der Waals surface area contributed by atoms with Gasteiger partial charge in [-0.1, -0.05) is 39.8 Å². The van der Waals surface area contributed by atoms with Gasteiger partial charge in [-0.05, 0) is 29.5 Å². The maximum Gasteiger partial charge on any atom is 0.237 e. The molecule has 1 aromatic carbocycles. The van der Waals surface area contributed by atoms with Crippen LogP contribution in [0.2, 0.25) is 0 Å². The normalized spacial score (nSPS) is 12.3. The highest BCUT2D eigenvalue weighted by Gasteiger charge is 2.16. The number of hydrogen-bond donors (Lipinski definition) is 3. The number of carbonyl (C=O) groups excluding carboxylic acids is 2. The van der Waals surface area contributed by atoms with Crippen molar-refractivity contribution in [3.8, 4) is 0 Å². The van der Waals surface area contributed by atoms with E-state index in [1.165, 1.54) is 0 Å². The topological polar surface area (TPSA) is 84.2 Å². The van der Waals surface area contributed by atoms with E-state index in [2.05, 4.69) is 10.6 Å². The molecule has 0 bridgehead atoms. The van der Waals surface area contributed by atoms with E-state index >= 15 is 0 Å². The first-order valence-electron chi connectivity index (χ1n) is 7.71. The van der Waals surface area contributed by atoms with Crippen LogP contribution in [0.15, 0.2) is 24.3 Å². The van der Waals surface area contributed by atoms with Crippen molar-refractivity contribution in [3.63, 3.8) is 0 Å². The maximum atomic E-state index is 11.8. The fourth-order valence-corrected chi connectivity index (χ4v) is 1.95. The van der Waals surface area contributed by atoms with Crippen LogP contribution < -0.4 is 16.4 Å². The molecule has 0 aliphatic heterocycles. The number of rotatable bonds is 7. The fourth-order valence-electron chi connectivity index (χ4n) is 1.95. The summed E-state index contributed by atoms with van der Waals surface area (Å²) in [7, 11) is 0. The highest BCUT2D eigenvalue weighted by Crippen LogP contribution is 2.12. The van der Waals surface area contributed by atoms with Gasteiger partial charge in [0.05, 0.1) is 6.04 Å². The van der Waals surface area contributed by atoms with E-state index in [9.17, 15) is 9.59 Å². The molecule has 0 saturated carbocycles. The molecular weight excluding hydrogens is 278 g/mol. The van der Waals surface area contributed by atoms with E-state index in [-0.39, 0.29) is 17.7 Å². The Morgan fingerprint density at radius 2 is 1.86 bits per heavy atom. The van der Waals surface area contributed by atoms with Gasteiger partial charge in [0.2, 0.25) is 11.8 Å². The molecule has 122 valence electrons. The van der Waals surface area contributed by atoms with Crippen molar-refractivity contribution < 1.29 is 9.59 Å². The quantitative estimate of drug-likeness (QED) is 0.722. The number of hydrogen-bond acceptors (Lipinski definition) is 3. The molecule has 0 heterocycles. The molecule has 0 unspecified atom stereocenters. The van der Waals surface area contributed by atoms with E-state index in [4.69, 9.17) is 5.73 Å². The van der Waals surface area contributed by atoms with Gasteiger partial charge < -0.3 is 16.4 Å². The first kappa shape index (κ1) is 18.2. The van der Waals surface area contributed by atoms with Crippen molar-refractivity contribution >= 4 is 17.5 Å². The van der Waals surface area contributed by atoms with Crippen LogP contribution in [0, 0.1) is 11.8 Å². The van der Waals surface area contributed by atoms with Crippen molar-refractivity contribution in [1.29, 1.82) is 0 Å². The number of benzene rings is 1. The number of nitrogens with two attached hydrogens (primary N) is 1. The SMILES string of the molecule is CC(C)CC(=O)Nc1cccc(CNC(=O)[C@@H](N)C(C)C)c1. The zero-order chi connectivity index (χ0) is 16.7. The Balaban J connectivity index is 2.57. The monoisotopic (exact) mass is 305 g/mol. The molecule has 0 aliphatic rings. The fraction of sp³-hybridized carbons (Fsp3) is 0.529. The number of amides is 2. The van der Waals surface area contributed by atoms with Crippen LogP contribution in [0.1, 0.15) is 39.7 Å². The highest BCUT2D eigenvalue weighted by molar-refractivity contribution is 5.90. The van der Waals surface area contributed by atoms with Crippen LogP contribution in [-0.2, 0) is 16.1 Å². The Morgan fingerprint density at radius 3 is 2.45 bits per heavy atom. The summed E-state index contributed by atoms with van der Waals surface area (Å²) in [4.78, 5) is 23.6. The van der Waals surface area contributed by atoms with Gasteiger partial charge in [0, 0.05) is 18.7 Å². The van der Waals surface area contributed by atoms with E-state index in [0.29, 0.717) is 18.9 Å². The lowest BCUT2D eigenvalue weighted by molar-refractivity contribution is -0.123. The highest BCUT2D eigenvalue weighted by atomic mass is 16.2. The van der Waals surface area contributed by atoms with Gasteiger partial charge >= 0.3 is 0 Å². The molecule has 4 N–H and O–H groups in total. The Bertz CT molecular complexity index is 512. The van der Waals surface area contributed by atoms with E-state index in [1.54, 1.807) is 0 Å². The third-order valence-corrected chi connectivity index (χ3v) is 3.29. The third kappa shape index (κ3) is 6.26. The van der Waals surface area contributed by atoms with Crippen LogP contribution in [0.5, 0.6) is 0 Å². The van der Waals surface area contributed by atoms with Gasteiger partial charge in [-0.25, -0.2) is 0 Å². The molecule has 0 saturated heterocycles. The second-order valence-electron chi connectivity index (χ2n) is 6.33. The summed E-state index contributed by atoms with van der Waals surface area (Å²) < 4.78 is 0. The second kappa shape index (κ2) is 8.54. The smallest absolute Gasteiger partial charge is 0.237 e. The molecule has 22 heavy (non-hydrogen) atoms. The van der Waals surface area contributed by atoms with E-state index in [0.717, 1.165) is 11.3 Å². The average Bonchev–Trinajstić information content (AvgIpc) is 2.43. The van der Waals surface area contributed by atoms with Crippen LogP contribution in [0.4, 0.5) is 5.69 Å². The molecule has 0 aromatic heterocycles. The Morgan fingerprint density at radius 1 is 1.18 bits per heavy atom. The summed E-state index contributed by atoms with van der Waals surface area (Å²) in [5.41, 5.74) is 7.46. The molecule has 0 spiro atoms. The summed E-state index contributed by atoms with van der Waals surface area (Å²) >= 11 is 0. The van der Waals surface area contributed by atoms with Crippen LogP contribution in [0.25, 0.3) is 0 Å². The zero-order valence-corrected chi connectivity index (χ0v) is 13.8. The van der Waals surface area contributed by atoms with Crippen LogP contribution in [-0.4, -0.2) is 17.9 Å². The van der Waals surface area contributed by atoms with Crippen molar-refractivity contribution in [2.24, 2.45) is 17.6 Å². The van der Waals surface area contributed by atoms with Gasteiger partial charge in [0.1, 0.15) is 0 Å². The number of nitrogens with one attached hydrogen (secondary N) is 2. The minimum Gasteiger partial charge on any atom is -0.351 e. The predicted molar refractivity (Wildman–Crippen MR) is 89.2 cm³/mol. The summed E-state index contributed by atoms with van der Waals surface area (Å²) in [6, 6.07) is 6.95. The summed E-state index contributed by atoms with van der Waals surface area (Å²) in [5, 5.41) is 5.68. The minimum absolute atomic E-state index is 0.00184. The molecule has 2 amide bonds. The standard InChI is InChI=1S/C17H27N3O2/c1-11(2)8-15(21)20-14-7-5-6-13(9-14)10-19-17(22)16(18)12(3)4/h5-7,9,11-12,16H,8,10,18H2,1-4H3,(H,19,22)(H,20,21)/t16-/m0/s1. The van der Waals surface area contributed by atoms with Gasteiger partial charge in [0.25, 0.3) is 0 Å². The van der Waals surface area contributed by atoms with Crippen molar-refractivity contribution in [1.82, 2.24) is 5.32 Å². The molecule has 0 fully saturated rings. The van der Waals surface area contributed by atoms with Gasteiger partial charge in [-0.3, -0.25) is 9.59 Å². The third-order valence-electron chi connectivity index (χ3n) is 3.29. The molecule has 1 aromatic rings. The predicted octanol–water partition coefficient (Wildman–Crippen LogP) is 2.27. The zero-order valence-electron chi connectivity index (χ0n) is 13.8. The lowest BCUT2D eigenvalue weighted by Gasteiger charge is -2.15. The summed E-state index contributed by atoms with van der Waals surface area (Å²) in [6.07, 6.45) is 0.490. The largest absolute Gasteiger partial charge is 0.351 e. The van der Waals surface area contributed by atoms with Crippen molar-refractivity contribution in [2.45, 2.75) is 46.7 Å². The Labute approximate surface area is 132 Å². The van der Waals surface area contributed by atoms with Gasteiger partial charge in [-0.2, -0.15) is 0 Å². The molecule has 0 aliphatic carbocycles. The maximum absolute atomic E-state index is 11.8. The second-order valence-corrected chi connectivity index (χ2v) is 6.33. The van der Waals surface area contributed by atoms with Crippen molar-refractivity contribution in [2.75, 3.05) is 5.32 Å². The number of carbonyl (C=O) groups is 2. The molecule has 1 atom stereocenters. The molecule has 5 nitrogen and oxygen atoms in total. The average molecular weight is 305 g/mol. The lowest BCUT2D eigenvalue weighted by Crippen LogP contribution is -2.43. The van der Waals surface area contributed by atoms with Gasteiger partial charge in [0.15, 0.2) is 0 Å². The molecular formula is C17H27N3O2. The summed E-state index contributed by atoms with van der Waals surface area (Å²) in [6.45, 7) is 8.23.